The summed E-state index contributed by atoms with van der Waals surface area (Å²) in [6.45, 7) is 0.559. The Hall–Kier alpha value is -0.490. The fourth-order valence-electron chi connectivity index (χ4n) is 2.35. The van der Waals surface area contributed by atoms with E-state index >= 15 is 0 Å². The lowest BCUT2D eigenvalue weighted by Crippen LogP contribution is -2.39. The topological polar surface area (TPSA) is 81.0 Å². The second kappa shape index (κ2) is 3.02. The highest BCUT2D eigenvalue weighted by Crippen LogP contribution is 2.32. The second-order valence-electron chi connectivity index (χ2n) is 3.69. The summed E-state index contributed by atoms with van der Waals surface area (Å²) in [4.78, 5) is 12.3. The third-order valence-corrected chi connectivity index (χ3v) is 3.03. The summed E-state index contributed by atoms with van der Waals surface area (Å²) in [6, 6.07) is -1.12. The Labute approximate surface area is 75.6 Å². The molecular formula is C8H13NO4. The van der Waals surface area contributed by atoms with Crippen molar-refractivity contribution in [3.8, 4) is 0 Å². The average molecular weight is 187 g/mol. The van der Waals surface area contributed by atoms with E-state index in [1.807, 2.05) is 0 Å². The Bertz CT molecular complexity index is 222. The molecule has 5 atom stereocenters. The number of aldehydes is 1. The fraction of sp³-hybridized carbons (Fsp3) is 0.875. The molecule has 2 rings (SSSR count). The molecule has 13 heavy (non-hydrogen) atoms. The molecule has 0 aromatic heterocycles. The number of fused-ring (bicyclic) bond motifs is 1. The third-order valence-electron chi connectivity index (χ3n) is 3.03. The van der Waals surface area contributed by atoms with Crippen LogP contribution in [-0.4, -0.2) is 63.4 Å². The molecule has 2 saturated heterocycles. The number of nitrogens with zero attached hydrogens (tertiary/aromatic N) is 1. The number of rotatable bonds is 1. The number of hydrogen-bond donors (Lipinski definition) is 3. The SMILES string of the molecule is O=CC1C(O)C(O)C2C(O)CCN12. The number of carbonyl (C=O) groups is 1. The fourth-order valence-corrected chi connectivity index (χ4v) is 2.35. The van der Waals surface area contributed by atoms with Crippen molar-refractivity contribution in [2.24, 2.45) is 0 Å². The van der Waals surface area contributed by atoms with Crippen molar-refractivity contribution in [3.05, 3.63) is 0 Å². The van der Waals surface area contributed by atoms with Crippen molar-refractivity contribution in [2.45, 2.75) is 36.8 Å². The van der Waals surface area contributed by atoms with Gasteiger partial charge >= 0.3 is 0 Å². The molecule has 3 N–H and O–H groups in total. The molecule has 0 spiro atoms. The molecule has 2 fully saturated rings. The molecule has 0 saturated carbocycles. The predicted molar refractivity (Wildman–Crippen MR) is 43.0 cm³/mol. The molecule has 0 aromatic carbocycles. The van der Waals surface area contributed by atoms with Gasteiger partial charge in [-0.3, -0.25) is 4.90 Å². The monoisotopic (exact) mass is 187 g/mol. The standard InChI is InChI=1S/C8H13NO4/c10-3-4-7(12)8(13)6-5(11)1-2-9(4)6/h3-8,11-13H,1-2H2. The average Bonchev–Trinajstić information content (AvgIpc) is 2.57. The van der Waals surface area contributed by atoms with Crippen molar-refractivity contribution >= 4 is 6.29 Å². The van der Waals surface area contributed by atoms with Gasteiger partial charge in [-0.25, -0.2) is 0 Å². The molecule has 5 unspecified atom stereocenters. The molecule has 2 heterocycles. The number of aliphatic hydroxyl groups excluding tert-OH is 3. The normalized spacial score (nSPS) is 50.8. The van der Waals surface area contributed by atoms with Crippen LogP contribution in [0.25, 0.3) is 0 Å². The Balaban J connectivity index is 2.24. The zero-order valence-corrected chi connectivity index (χ0v) is 7.08. The minimum absolute atomic E-state index is 0.467. The zero-order chi connectivity index (χ0) is 9.59. The Morgan fingerprint density at radius 1 is 1.23 bits per heavy atom. The Morgan fingerprint density at radius 3 is 2.54 bits per heavy atom. The molecule has 5 heteroatoms. The van der Waals surface area contributed by atoms with Crippen molar-refractivity contribution in [1.82, 2.24) is 4.90 Å². The molecule has 74 valence electrons. The smallest absolute Gasteiger partial charge is 0.139 e. The molecule has 5 nitrogen and oxygen atoms in total. The first-order valence-corrected chi connectivity index (χ1v) is 4.42. The summed E-state index contributed by atoms with van der Waals surface area (Å²) >= 11 is 0. The summed E-state index contributed by atoms with van der Waals surface area (Å²) in [6.07, 6.45) is -1.51. The van der Waals surface area contributed by atoms with Crippen molar-refractivity contribution < 1.29 is 20.1 Å². The van der Waals surface area contributed by atoms with E-state index in [0.717, 1.165) is 0 Å². The van der Waals surface area contributed by atoms with E-state index < -0.39 is 30.4 Å². The van der Waals surface area contributed by atoms with Crippen LogP contribution in [0.15, 0.2) is 0 Å². The van der Waals surface area contributed by atoms with Crippen LogP contribution in [0.5, 0.6) is 0 Å². The molecular weight excluding hydrogens is 174 g/mol. The van der Waals surface area contributed by atoms with E-state index in [2.05, 4.69) is 0 Å². The van der Waals surface area contributed by atoms with E-state index in [-0.39, 0.29) is 0 Å². The van der Waals surface area contributed by atoms with E-state index in [4.69, 9.17) is 0 Å². The summed E-state index contributed by atoms with van der Waals surface area (Å²) in [5, 5.41) is 28.4. The van der Waals surface area contributed by atoms with Crippen LogP contribution in [0.4, 0.5) is 0 Å². The summed E-state index contributed by atoms with van der Waals surface area (Å²) in [5.41, 5.74) is 0. The minimum atomic E-state index is -1.06. The van der Waals surface area contributed by atoms with E-state index in [1.54, 1.807) is 4.90 Å². The van der Waals surface area contributed by atoms with Crippen LogP contribution in [0.3, 0.4) is 0 Å². The van der Waals surface area contributed by atoms with Gasteiger partial charge in [0.15, 0.2) is 0 Å². The van der Waals surface area contributed by atoms with Gasteiger partial charge in [0.25, 0.3) is 0 Å². The summed E-state index contributed by atoms with van der Waals surface area (Å²) < 4.78 is 0. The van der Waals surface area contributed by atoms with Crippen molar-refractivity contribution in [2.75, 3.05) is 6.54 Å². The van der Waals surface area contributed by atoms with E-state index in [1.165, 1.54) is 0 Å². The lowest BCUT2D eigenvalue weighted by molar-refractivity contribution is -0.114. The molecule has 0 aliphatic carbocycles. The highest BCUT2D eigenvalue weighted by molar-refractivity contribution is 5.60. The first-order chi connectivity index (χ1) is 6.16. The molecule has 0 radical (unpaired) electrons. The van der Waals surface area contributed by atoms with Gasteiger partial charge in [0.05, 0.1) is 24.3 Å². The maximum Gasteiger partial charge on any atom is 0.139 e. The highest BCUT2D eigenvalue weighted by atomic mass is 16.3. The van der Waals surface area contributed by atoms with E-state index in [9.17, 15) is 20.1 Å². The highest BCUT2D eigenvalue weighted by Gasteiger charge is 2.53. The lowest BCUT2D eigenvalue weighted by atomic mass is 10.0. The largest absolute Gasteiger partial charge is 0.391 e. The van der Waals surface area contributed by atoms with Gasteiger partial charge in [-0.05, 0) is 6.42 Å². The van der Waals surface area contributed by atoms with Gasteiger partial charge in [0.2, 0.25) is 0 Å². The number of hydrogen-bond acceptors (Lipinski definition) is 5. The Kier molecular flexibility index (Phi) is 2.11. The first kappa shape index (κ1) is 9.08. The van der Waals surface area contributed by atoms with Crippen molar-refractivity contribution in [1.29, 1.82) is 0 Å². The number of aliphatic hydroxyl groups is 3. The van der Waals surface area contributed by atoms with Crippen LogP contribution >= 0.6 is 0 Å². The maximum atomic E-state index is 10.6. The zero-order valence-electron chi connectivity index (χ0n) is 7.08. The van der Waals surface area contributed by atoms with Crippen LogP contribution in [0.1, 0.15) is 6.42 Å². The first-order valence-electron chi connectivity index (χ1n) is 4.42. The quantitative estimate of drug-likeness (QED) is 0.403. The second-order valence-corrected chi connectivity index (χ2v) is 3.69. The van der Waals surface area contributed by atoms with Gasteiger partial charge in [0.1, 0.15) is 12.4 Å². The lowest BCUT2D eigenvalue weighted by Gasteiger charge is -2.20. The third kappa shape index (κ3) is 1.12. The molecule has 0 amide bonds. The van der Waals surface area contributed by atoms with Gasteiger partial charge in [-0.1, -0.05) is 0 Å². The predicted octanol–water partition coefficient (Wildman–Crippen LogP) is -2.28. The molecule has 0 aromatic rings. The molecule has 0 bridgehead atoms. The van der Waals surface area contributed by atoms with Gasteiger partial charge in [0, 0.05) is 6.54 Å². The van der Waals surface area contributed by atoms with Gasteiger partial charge < -0.3 is 20.1 Å². The maximum absolute atomic E-state index is 10.6. The van der Waals surface area contributed by atoms with Crippen LogP contribution < -0.4 is 0 Å². The summed E-state index contributed by atoms with van der Waals surface area (Å²) in [5.74, 6) is 0. The Morgan fingerprint density at radius 2 is 1.92 bits per heavy atom. The van der Waals surface area contributed by atoms with E-state index in [0.29, 0.717) is 19.3 Å². The molecule has 2 aliphatic rings. The van der Waals surface area contributed by atoms with Crippen LogP contribution in [0, 0.1) is 0 Å². The van der Waals surface area contributed by atoms with Crippen LogP contribution in [-0.2, 0) is 4.79 Å². The van der Waals surface area contributed by atoms with Gasteiger partial charge in [-0.2, -0.15) is 0 Å². The van der Waals surface area contributed by atoms with Crippen LogP contribution in [0.2, 0.25) is 0 Å². The summed E-state index contributed by atoms with van der Waals surface area (Å²) in [7, 11) is 0. The van der Waals surface area contributed by atoms with Crippen molar-refractivity contribution in [3.63, 3.8) is 0 Å². The minimum Gasteiger partial charge on any atom is -0.391 e. The molecule has 2 aliphatic heterocycles. The number of carbonyl (C=O) groups excluding carboxylic acids is 1. The van der Waals surface area contributed by atoms with Gasteiger partial charge in [-0.15, -0.1) is 0 Å².